The number of aliphatic carboxylic acids is 1. The Bertz CT molecular complexity index is 623. The van der Waals surface area contributed by atoms with Crippen LogP contribution in [-0.2, 0) is 4.79 Å². The molecule has 0 fully saturated rings. The fourth-order valence-corrected chi connectivity index (χ4v) is 1.87. The summed E-state index contributed by atoms with van der Waals surface area (Å²) in [7, 11) is 0. The summed E-state index contributed by atoms with van der Waals surface area (Å²) in [6, 6.07) is 15.3. The molecule has 0 aliphatic rings. The van der Waals surface area contributed by atoms with E-state index >= 15 is 0 Å². The highest BCUT2D eigenvalue weighted by Crippen LogP contribution is 2.24. The van der Waals surface area contributed by atoms with Crippen molar-refractivity contribution in [2.75, 3.05) is 0 Å². The molecule has 0 unspecified atom stereocenters. The molecule has 0 saturated heterocycles. The van der Waals surface area contributed by atoms with E-state index in [1.165, 1.54) is 5.56 Å². The highest BCUT2D eigenvalue weighted by atomic mass is 16.5. The van der Waals surface area contributed by atoms with E-state index in [9.17, 15) is 4.79 Å². The molecule has 0 saturated carbocycles. The van der Waals surface area contributed by atoms with E-state index in [4.69, 9.17) is 9.84 Å². The third kappa shape index (κ3) is 4.49. The Hall–Kier alpha value is -2.55. The van der Waals surface area contributed by atoms with Crippen LogP contribution in [0.25, 0.3) is 6.08 Å². The van der Waals surface area contributed by atoms with Gasteiger partial charge < -0.3 is 9.84 Å². The molecule has 2 aromatic carbocycles. The number of carbonyl (C=O) groups is 1. The molecule has 2 rings (SSSR count). The summed E-state index contributed by atoms with van der Waals surface area (Å²) in [5.74, 6) is 1.05. The minimum absolute atomic E-state index is 0.499. The lowest BCUT2D eigenvalue weighted by atomic mass is 10.0. The first-order chi connectivity index (χ1) is 10.0. The Kier molecular flexibility index (Phi) is 4.77. The summed E-state index contributed by atoms with van der Waals surface area (Å²) in [5, 5.41) is 8.57. The SMILES string of the molecule is CC(C)c1ccc(Oc2ccc(C=CC(=O)O)cc2)cc1. The summed E-state index contributed by atoms with van der Waals surface area (Å²) in [6.07, 6.45) is 2.66. The minimum atomic E-state index is -0.958. The van der Waals surface area contributed by atoms with E-state index < -0.39 is 5.97 Å². The fourth-order valence-electron chi connectivity index (χ4n) is 1.87. The molecule has 0 aliphatic carbocycles. The number of carboxylic acids is 1. The maximum absolute atomic E-state index is 10.4. The van der Waals surface area contributed by atoms with Gasteiger partial charge in [0.05, 0.1) is 0 Å². The molecular formula is C18H18O3. The first kappa shape index (κ1) is 14.9. The van der Waals surface area contributed by atoms with Gasteiger partial charge in [-0.1, -0.05) is 38.1 Å². The number of benzene rings is 2. The van der Waals surface area contributed by atoms with E-state index in [-0.39, 0.29) is 0 Å². The maximum Gasteiger partial charge on any atom is 0.328 e. The zero-order valence-corrected chi connectivity index (χ0v) is 12.1. The molecule has 0 bridgehead atoms. The minimum Gasteiger partial charge on any atom is -0.478 e. The summed E-state index contributed by atoms with van der Waals surface area (Å²) in [5.41, 5.74) is 2.09. The number of hydrogen-bond acceptors (Lipinski definition) is 2. The molecule has 3 nitrogen and oxygen atoms in total. The number of carboxylic acid groups (broad SMARTS) is 1. The summed E-state index contributed by atoms with van der Waals surface area (Å²) in [4.78, 5) is 10.4. The van der Waals surface area contributed by atoms with Gasteiger partial charge in [-0.05, 0) is 47.4 Å². The van der Waals surface area contributed by atoms with Crippen molar-refractivity contribution in [3.05, 3.63) is 65.7 Å². The fraction of sp³-hybridized carbons (Fsp3) is 0.167. The van der Waals surface area contributed by atoms with Crippen molar-refractivity contribution in [1.29, 1.82) is 0 Å². The van der Waals surface area contributed by atoms with Gasteiger partial charge in [0.25, 0.3) is 0 Å². The van der Waals surface area contributed by atoms with Gasteiger partial charge in [0, 0.05) is 6.08 Å². The third-order valence-corrected chi connectivity index (χ3v) is 3.08. The van der Waals surface area contributed by atoms with Crippen molar-refractivity contribution < 1.29 is 14.6 Å². The van der Waals surface area contributed by atoms with Gasteiger partial charge in [-0.15, -0.1) is 0 Å². The average molecular weight is 282 g/mol. The van der Waals surface area contributed by atoms with E-state index in [2.05, 4.69) is 26.0 Å². The standard InChI is InChI=1S/C18H18O3/c1-13(2)15-6-10-17(11-7-15)21-16-8-3-14(4-9-16)5-12-18(19)20/h3-13H,1-2H3,(H,19,20). The van der Waals surface area contributed by atoms with Crippen molar-refractivity contribution in [1.82, 2.24) is 0 Å². The molecule has 0 radical (unpaired) electrons. The number of ether oxygens (including phenoxy) is 1. The number of hydrogen-bond donors (Lipinski definition) is 1. The quantitative estimate of drug-likeness (QED) is 0.808. The van der Waals surface area contributed by atoms with Gasteiger partial charge in [-0.3, -0.25) is 0 Å². The smallest absolute Gasteiger partial charge is 0.328 e. The molecule has 0 atom stereocenters. The Morgan fingerprint density at radius 1 is 1.00 bits per heavy atom. The Labute approximate surface area is 124 Å². The Morgan fingerprint density at radius 3 is 2.00 bits per heavy atom. The molecule has 2 aromatic rings. The summed E-state index contributed by atoms with van der Waals surface area (Å²) >= 11 is 0. The molecule has 21 heavy (non-hydrogen) atoms. The molecule has 1 N–H and O–H groups in total. The first-order valence-electron chi connectivity index (χ1n) is 6.83. The van der Waals surface area contributed by atoms with Gasteiger partial charge >= 0.3 is 5.97 Å². The van der Waals surface area contributed by atoms with Crippen LogP contribution in [-0.4, -0.2) is 11.1 Å². The number of rotatable bonds is 5. The van der Waals surface area contributed by atoms with Gasteiger partial charge in [-0.2, -0.15) is 0 Å². The topological polar surface area (TPSA) is 46.5 Å². The first-order valence-corrected chi connectivity index (χ1v) is 6.83. The van der Waals surface area contributed by atoms with Crippen LogP contribution >= 0.6 is 0 Å². The van der Waals surface area contributed by atoms with Crippen molar-refractivity contribution in [3.63, 3.8) is 0 Å². The van der Waals surface area contributed by atoms with Gasteiger partial charge in [0.1, 0.15) is 11.5 Å². The summed E-state index contributed by atoms with van der Waals surface area (Å²) in [6.45, 7) is 4.30. The van der Waals surface area contributed by atoms with Crippen LogP contribution in [0.1, 0.15) is 30.9 Å². The predicted octanol–water partition coefficient (Wildman–Crippen LogP) is 4.70. The second-order valence-electron chi connectivity index (χ2n) is 5.07. The predicted molar refractivity (Wildman–Crippen MR) is 83.7 cm³/mol. The average Bonchev–Trinajstić information content (AvgIpc) is 2.47. The third-order valence-electron chi connectivity index (χ3n) is 3.08. The largest absolute Gasteiger partial charge is 0.478 e. The Morgan fingerprint density at radius 2 is 1.52 bits per heavy atom. The molecular weight excluding hydrogens is 264 g/mol. The zero-order chi connectivity index (χ0) is 15.2. The molecule has 0 amide bonds. The lowest BCUT2D eigenvalue weighted by Gasteiger charge is -2.08. The van der Waals surface area contributed by atoms with Crippen LogP contribution in [0.4, 0.5) is 0 Å². The highest BCUT2D eigenvalue weighted by molar-refractivity contribution is 5.85. The van der Waals surface area contributed by atoms with Gasteiger partial charge in [0.2, 0.25) is 0 Å². The molecule has 0 spiro atoms. The normalized spacial score (nSPS) is 11.0. The second kappa shape index (κ2) is 6.75. The van der Waals surface area contributed by atoms with E-state index in [0.29, 0.717) is 5.92 Å². The summed E-state index contributed by atoms with van der Waals surface area (Å²) < 4.78 is 5.75. The van der Waals surface area contributed by atoms with Crippen LogP contribution in [0.15, 0.2) is 54.6 Å². The second-order valence-corrected chi connectivity index (χ2v) is 5.07. The highest BCUT2D eigenvalue weighted by Gasteiger charge is 2.01. The zero-order valence-electron chi connectivity index (χ0n) is 12.1. The van der Waals surface area contributed by atoms with Crippen LogP contribution in [0.5, 0.6) is 11.5 Å². The van der Waals surface area contributed by atoms with Crippen LogP contribution < -0.4 is 4.74 Å². The van der Waals surface area contributed by atoms with Crippen LogP contribution in [0.2, 0.25) is 0 Å². The monoisotopic (exact) mass is 282 g/mol. The molecule has 0 aliphatic heterocycles. The lowest BCUT2D eigenvalue weighted by Crippen LogP contribution is -1.88. The molecule has 0 heterocycles. The molecule has 108 valence electrons. The van der Waals surface area contributed by atoms with Crippen molar-refractivity contribution in [2.24, 2.45) is 0 Å². The van der Waals surface area contributed by atoms with Crippen molar-refractivity contribution in [2.45, 2.75) is 19.8 Å². The van der Waals surface area contributed by atoms with Crippen LogP contribution in [0.3, 0.4) is 0 Å². The maximum atomic E-state index is 10.4. The van der Waals surface area contributed by atoms with Crippen molar-refractivity contribution in [3.8, 4) is 11.5 Å². The van der Waals surface area contributed by atoms with Gasteiger partial charge in [-0.25, -0.2) is 4.79 Å². The lowest BCUT2D eigenvalue weighted by molar-refractivity contribution is -0.131. The van der Waals surface area contributed by atoms with Crippen molar-refractivity contribution >= 4 is 12.0 Å². The molecule has 3 heteroatoms. The van der Waals surface area contributed by atoms with Gasteiger partial charge in [0.15, 0.2) is 0 Å². The molecule has 0 aromatic heterocycles. The van der Waals surface area contributed by atoms with E-state index in [1.54, 1.807) is 6.08 Å². The van der Waals surface area contributed by atoms with Crippen LogP contribution in [0, 0.1) is 0 Å². The van der Waals surface area contributed by atoms with E-state index in [0.717, 1.165) is 23.1 Å². The van der Waals surface area contributed by atoms with E-state index in [1.807, 2.05) is 36.4 Å². The Balaban J connectivity index is 2.04.